The summed E-state index contributed by atoms with van der Waals surface area (Å²) in [5.74, 6) is -0.872. The van der Waals surface area contributed by atoms with Gasteiger partial charge in [-0.2, -0.15) is 5.01 Å². The quantitative estimate of drug-likeness (QED) is 0.611. The number of hydrazine groups is 1. The van der Waals surface area contributed by atoms with Crippen LogP contribution in [0.3, 0.4) is 0 Å². The van der Waals surface area contributed by atoms with Crippen molar-refractivity contribution in [1.29, 1.82) is 0 Å². The van der Waals surface area contributed by atoms with E-state index in [9.17, 15) is 14.4 Å². The Kier molecular flexibility index (Phi) is 4.97. The van der Waals surface area contributed by atoms with Crippen LogP contribution >= 0.6 is 0 Å². The zero-order chi connectivity index (χ0) is 18.9. The molecular weight excluding hydrogens is 336 g/mol. The number of amides is 4. The van der Waals surface area contributed by atoms with E-state index in [1.54, 1.807) is 31.2 Å². The van der Waals surface area contributed by atoms with Crippen LogP contribution in [0.5, 0.6) is 0 Å². The van der Waals surface area contributed by atoms with Gasteiger partial charge in [-0.1, -0.05) is 30.3 Å². The van der Waals surface area contributed by atoms with E-state index < -0.39 is 17.5 Å². The molecule has 3 N–H and O–H groups in total. The Hall–Kier alpha value is -2.45. The fourth-order valence-electron chi connectivity index (χ4n) is 3.63. The molecule has 8 nitrogen and oxygen atoms in total. The predicted molar refractivity (Wildman–Crippen MR) is 92.9 cm³/mol. The molecule has 2 aliphatic heterocycles. The number of nitrogens with one attached hydrogen (secondary N) is 3. The lowest BCUT2D eigenvalue weighted by Crippen LogP contribution is -3.16. The number of carbonyl (C=O) groups excluding carboxylic acids is 3. The highest BCUT2D eigenvalue weighted by molar-refractivity contribution is 6.08. The molecule has 0 radical (unpaired) electrons. The maximum absolute atomic E-state index is 12.8. The molecule has 3 rings (SSSR count). The molecule has 2 heterocycles. The number of nitrogens with zero attached hydrogens (tertiary/aromatic N) is 1. The standard InChI is InChI=1S/C18H24N4O4/c1-12-9-21(10-13(2)26-12)11-15(23)20-22-16(24)18(3,19-17(22)25)14-7-5-4-6-8-14/h4-8,12-13H,9-11H2,1-3H3,(H,19,25)(H,20,23)/p+1/t12-,13+,18-/m1/s1. The molecule has 0 bridgehead atoms. The van der Waals surface area contributed by atoms with Crippen LogP contribution < -0.4 is 15.6 Å². The van der Waals surface area contributed by atoms with Gasteiger partial charge in [0, 0.05) is 0 Å². The first-order valence-corrected chi connectivity index (χ1v) is 8.80. The van der Waals surface area contributed by atoms with E-state index in [0.717, 1.165) is 9.91 Å². The molecule has 1 aromatic carbocycles. The number of ether oxygens (including phenoxy) is 1. The zero-order valence-corrected chi connectivity index (χ0v) is 15.2. The third-order valence-electron chi connectivity index (χ3n) is 4.81. The van der Waals surface area contributed by atoms with Crippen LogP contribution in [0, 0.1) is 0 Å². The molecule has 2 saturated heterocycles. The van der Waals surface area contributed by atoms with Crippen molar-refractivity contribution < 1.29 is 24.0 Å². The van der Waals surface area contributed by atoms with Gasteiger partial charge in [0.25, 0.3) is 11.8 Å². The highest BCUT2D eigenvalue weighted by atomic mass is 16.5. The molecule has 8 heteroatoms. The third-order valence-corrected chi connectivity index (χ3v) is 4.81. The number of hydrogen-bond donors (Lipinski definition) is 3. The summed E-state index contributed by atoms with van der Waals surface area (Å²) in [6.45, 7) is 7.16. The topological polar surface area (TPSA) is 92.2 Å². The summed E-state index contributed by atoms with van der Waals surface area (Å²) in [6, 6.07) is 8.33. The van der Waals surface area contributed by atoms with Gasteiger partial charge in [0.15, 0.2) is 6.54 Å². The number of quaternary nitrogens is 1. The Morgan fingerprint density at radius 3 is 2.50 bits per heavy atom. The van der Waals surface area contributed by atoms with Crippen LogP contribution in [-0.2, 0) is 19.9 Å². The van der Waals surface area contributed by atoms with Crippen molar-refractivity contribution in [2.75, 3.05) is 19.6 Å². The molecule has 4 atom stereocenters. The monoisotopic (exact) mass is 361 g/mol. The van der Waals surface area contributed by atoms with Crippen molar-refractivity contribution in [1.82, 2.24) is 15.8 Å². The zero-order valence-electron chi connectivity index (χ0n) is 15.2. The van der Waals surface area contributed by atoms with Crippen LogP contribution in [-0.4, -0.2) is 54.7 Å². The Morgan fingerprint density at radius 1 is 1.27 bits per heavy atom. The van der Waals surface area contributed by atoms with Crippen molar-refractivity contribution in [2.24, 2.45) is 0 Å². The molecule has 2 aliphatic rings. The summed E-state index contributed by atoms with van der Waals surface area (Å²) >= 11 is 0. The average Bonchev–Trinajstić information content (AvgIpc) is 2.79. The van der Waals surface area contributed by atoms with Gasteiger partial charge in [0.2, 0.25) is 0 Å². The van der Waals surface area contributed by atoms with Crippen molar-refractivity contribution in [3.8, 4) is 0 Å². The second kappa shape index (κ2) is 7.05. The van der Waals surface area contributed by atoms with E-state index in [0.29, 0.717) is 18.7 Å². The molecule has 1 aromatic rings. The minimum atomic E-state index is -1.19. The van der Waals surface area contributed by atoms with Gasteiger partial charge in [-0.3, -0.25) is 15.0 Å². The first-order chi connectivity index (χ1) is 12.3. The Labute approximate surface area is 152 Å². The second-order valence-electron chi connectivity index (χ2n) is 7.19. The number of carbonyl (C=O) groups is 3. The molecule has 26 heavy (non-hydrogen) atoms. The molecule has 0 spiro atoms. The largest absolute Gasteiger partial charge is 0.364 e. The number of hydrogen-bond acceptors (Lipinski definition) is 4. The van der Waals surface area contributed by atoms with E-state index in [4.69, 9.17) is 4.74 Å². The summed E-state index contributed by atoms with van der Waals surface area (Å²) in [5, 5.41) is 3.45. The lowest BCUT2D eigenvalue weighted by molar-refractivity contribution is -0.907. The third kappa shape index (κ3) is 3.56. The Balaban J connectivity index is 1.65. The van der Waals surface area contributed by atoms with Crippen LogP contribution in [0.15, 0.2) is 30.3 Å². The van der Waals surface area contributed by atoms with Gasteiger partial charge in [0.05, 0.1) is 0 Å². The highest BCUT2D eigenvalue weighted by Crippen LogP contribution is 2.27. The molecule has 0 saturated carbocycles. The van der Waals surface area contributed by atoms with Gasteiger partial charge in [-0.15, -0.1) is 0 Å². The minimum absolute atomic E-state index is 0.0691. The average molecular weight is 361 g/mol. The molecule has 4 amide bonds. The van der Waals surface area contributed by atoms with Gasteiger partial charge < -0.3 is 15.0 Å². The normalized spacial score (nSPS) is 31.7. The number of imide groups is 1. The summed E-state index contributed by atoms with van der Waals surface area (Å²) in [6.07, 6.45) is 0.138. The van der Waals surface area contributed by atoms with Crippen LogP contribution in [0.25, 0.3) is 0 Å². The van der Waals surface area contributed by atoms with Crippen LogP contribution in [0.1, 0.15) is 26.3 Å². The fourth-order valence-corrected chi connectivity index (χ4v) is 3.63. The lowest BCUT2D eigenvalue weighted by atomic mass is 9.92. The Bertz CT molecular complexity index is 700. The molecular formula is C18H25N4O4+. The summed E-state index contributed by atoms with van der Waals surface area (Å²) < 4.78 is 5.66. The molecule has 2 fully saturated rings. The lowest BCUT2D eigenvalue weighted by Gasteiger charge is -2.32. The number of morpholine rings is 1. The summed E-state index contributed by atoms with van der Waals surface area (Å²) in [4.78, 5) is 38.5. The van der Waals surface area contributed by atoms with Crippen LogP contribution in [0.2, 0.25) is 0 Å². The first kappa shape index (κ1) is 18.3. The number of benzene rings is 1. The van der Waals surface area contributed by atoms with Gasteiger partial charge in [-0.05, 0) is 26.3 Å². The summed E-state index contributed by atoms with van der Waals surface area (Å²) in [7, 11) is 0. The van der Waals surface area contributed by atoms with E-state index in [2.05, 4.69) is 10.7 Å². The minimum Gasteiger partial charge on any atom is -0.364 e. The predicted octanol–water partition coefficient (Wildman–Crippen LogP) is -0.823. The smallest absolute Gasteiger partial charge is 0.344 e. The van der Waals surface area contributed by atoms with Crippen LogP contribution in [0.4, 0.5) is 4.79 Å². The maximum atomic E-state index is 12.8. The van der Waals surface area contributed by atoms with Crippen molar-refractivity contribution >= 4 is 17.8 Å². The van der Waals surface area contributed by atoms with Crippen molar-refractivity contribution in [2.45, 2.75) is 38.5 Å². The van der Waals surface area contributed by atoms with Gasteiger partial charge in [-0.25, -0.2) is 4.79 Å². The Morgan fingerprint density at radius 2 is 1.88 bits per heavy atom. The van der Waals surface area contributed by atoms with Gasteiger partial charge in [0.1, 0.15) is 30.8 Å². The van der Waals surface area contributed by atoms with Crippen molar-refractivity contribution in [3.05, 3.63) is 35.9 Å². The molecule has 0 aromatic heterocycles. The number of urea groups is 1. The number of rotatable bonds is 4. The van der Waals surface area contributed by atoms with Crippen molar-refractivity contribution in [3.63, 3.8) is 0 Å². The molecule has 1 unspecified atom stereocenters. The highest BCUT2D eigenvalue weighted by Gasteiger charge is 2.50. The van der Waals surface area contributed by atoms with E-state index in [-0.39, 0.29) is 24.7 Å². The van der Waals surface area contributed by atoms with Gasteiger partial charge >= 0.3 is 6.03 Å². The maximum Gasteiger partial charge on any atom is 0.344 e. The van der Waals surface area contributed by atoms with E-state index >= 15 is 0 Å². The SMILES string of the molecule is C[C@@H]1C[NH+](CC(=O)NN2C(=O)N[C@](C)(c3ccccc3)C2=O)C[C@H](C)O1. The molecule has 0 aliphatic carbocycles. The first-order valence-electron chi connectivity index (χ1n) is 8.80. The van der Waals surface area contributed by atoms with E-state index in [1.165, 1.54) is 0 Å². The second-order valence-corrected chi connectivity index (χ2v) is 7.19. The fraction of sp³-hybridized carbons (Fsp3) is 0.500. The molecule has 140 valence electrons. The van der Waals surface area contributed by atoms with E-state index in [1.807, 2.05) is 19.9 Å². The summed E-state index contributed by atoms with van der Waals surface area (Å²) in [5.41, 5.74) is 1.92.